The molecule has 3 aromatic rings. The van der Waals surface area contributed by atoms with Crippen LogP contribution >= 0.6 is 0 Å². The summed E-state index contributed by atoms with van der Waals surface area (Å²) in [5.41, 5.74) is 4.02. The Bertz CT molecular complexity index is 1120. The normalized spacial score (nSPS) is 19.6. The fourth-order valence-electron chi connectivity index (χ4n) is 4.28. The summed E-state index contributed by atoms with van der Waals surface area (Å²) in [6.07, 6.45) is 0.539. The maximum Gasteiger partial charge on any atom is 0.407 e. The summed E-state index contributed by atoms with van der Waals surface area (Å²) in [5.74, 6) is 0.775. The summed E-state index contributed by atoms with van der Waals surface area (Å²) >= 11 is 0. The van der Waals surface area contributed by atoms with E-state index in [9.17, 15) is 9.90 Å². The lowest BCUT2D eigenvalue weighted by molar-refractivity contribution is 0.0494. The third-order valence-electron chi connectivity index (χ3n) is 5.95. The standard InChI is InChI=1S/C24H25N3O3/c1-24(2,3)21-13-18(10-11-27(21)23(28)29)22-26-19-12-17(8-9-20(19)30-22)16-6-4-15(14-25)5-7-16/h4-9,12,18,21H,10-11,13H2,1-3H3,(H,28,29). The SMILES string of the molecule is CC(C)(C)C1CC(c2nc3cc(-c4ccc(C#N)cc4)ccc3o2)CCN1C(=O)O. The van der Waals surface area contributed by atoms with E-state index < -0.39 is 6.09 Å². The van der Waals surface area contributed by atoms with Crippen LogP contribution in [0.4, 0.5) is 4.79 Å². The van der Waals surface area contributed by atoms with Gasteiger partial charge in [-0.15, -0.1) is 0 Å². The molecule has 2 unspecified atom stereocenters. The van der Waals surface area contributed by atoms with Crippen LogP contribution in [0.5, 0.6) is 0 Å². The minimum absolute atomic E-state index is 0.0852. The summed E-state index contributed by atoms with van der Waals surface area (Å²) in [5, 5.41) is 18.6. The van der Waals surface area contributed by atoms with Gasteiger partial charge in [-0.25, -0.2) is 9.78 Å². The first-order chi connectivity index (χ1) is 14.3. The van der Waals surface area contributed by atoms with Crippen molar-refractivity contribution in [3.8, 4) is 17.2 Å². The van der Waals surface area contributed by atoms with Crippen LogP contribution in [-0.4, -0.2) is 33.7 Å². The van der Waals surface area contributed by atoms with Crippen molar-refractivity contribution in [2.24, 2.45) is 5.41 Å². The largest absolute Gasteiger partial charge is 0.465 e. The van der Waals surface area contributed by atoms with Crippen molar-refractivity contribution in [1.29, 1.82) is 5.26 Å². The van der Waals surface area contributed by atoms with Crippen LogP contribution < -0.4 is 0 Å². The van der Waals surface area contributed by atoms with Gasteiger partial charge in [0.1, 0.15) is 5.52 Å². The highest BCUT2D eigenvalue weighted by molar-refractivity contribution is 5.80. The van der Waals surface area contributed by atoms with Gasteiger partial charge in [-0.1, -0.05) is 39.0 Å². The molecular formula is C24H25N3O3. The molecule has 0 spiro atoms. The van der Waals surface area contributed by atoms with Crippen molar-refractivity contribution < 1.29 is 14.3 Å². The Balaban J connectivity index is 1.62. The van der Waals surface area contributed by atoms with Gasteiger partial charge in [0.25, 0.3) is 0 Å². The molecule has 1 N–H and O–H groups in total. The molecule has 6 nitrogen and oxygen atoms in total. The van der Waals surface area contributed by atoms with E-state index in [4.69, 9.17) is 14.7 Å². The molecule has 1 fully saturated rings. The first-order valence-corrected chi connectivity index (χ1v) is 10.2. The van der Waals surface area contributed by atoms with E-state index in [-0.39, 0.29) is 17.4 Å². The van der Waals surface area contributed by atoms with Gasteiger partial charge < -0.3 is 14.4 Å². The first-order valence-electron chi connectivity index (χ1n) is 10.2. The molecule has 1 aliphatic heterocycles. The number of fused-ring (bicyclic) bond motifs is 1. The van der Waals surface area contributed by atoms with Crippen molar-refractivity contribution in [2.45, 2.75) is 45.6 Å². The number of piperidine rings is 1. The summed E-state index contributed by atoms with van der Waals surface area (Å²) < 4.78 is 6.07. The third-order valence-corrected chi connectivity index (χ3v) is 5.95. The number of aromatic nitrogens is 1. The van der Waals surface area contributed by atoms with E-state index >= 15 is 0 Å². The summed E-state index contributed by atoms with van der Waals surface area (Å²) in [6.45, 7) is 6.71. The molecule has 0 bridgehead atoms. The maximum absolute atomic E-state index is 11.7. The highest BCUT2D eigenvalue weighted by Crippen LogP contribution is 2.39. The quantitative estimate of drug-likeness (QED) is 0.598. The number of carbonyl (C=O) groups is 1. The monoisotopic (exact) mass is 403 g/mol. The molecule has 154 valence electrons. The minimum atomic E-state index is -0.863. The molecule has 0 aliphatic carbocycles. The zero-order valence-corrected chi connectivity index (χ0v) is 17.4. The molecule has 2 heterocycles. The molecule has 2 aromatic carbocycles. The van der Waals surface area contributed by atoms with Crippen molar-refractivity contribution in [2.75, 3.05) is 6.54 Å². The predicted octanol–water partition coefficient (Wildman–Crippen LogP) is 5.64. The number of benzene rings is 2. The topological polar surface area (TPSA) is 90.4 Å². The zero-order chi connectivity index (χ0) is 21.5. The molecule has 1 aliphatic rings. The van der Waals surface area contributed by atoms with Crippen LogP contribution in [0, 0.1) is 16.7 Å². The number of carboxylic acid groups (broad SMARTS) is 1. The number of likely N-dealkylation sites (tertiary alicyclic amines) is 1. The van der Waals surface area contributed by atoms with Gasteiger partial charge in [0.05, 0.1) is 11.6 Å². The number of nitrogens with zero attached hydrogens (tertiary/aromatic N) is 3. The zero-order valence-electron chi connectivity index (χ0n) is 17.4. The summed E-state index contributed by atoms with van der Waals surface area (Å²) in [7, 11) is 0. The van der Waals surface area contributed by atoms with Crippen molar-refractivity contribution in [3.05, 3.63) is 53.9 Å². The van der Waals surface area contributed by atoms with Gasteiger partial charge in [0.15, 0.2) is 11.5 Å². The lowest BCUT2D eigenvalue weighted by Gasteiger charge is -2.43. The molecule has 2 atom stereocenters. The molecule has 0 radical (unpaired) electrons. The minimum Gasteiger partial charge on any atom is -0.465 e. The second-order valence-electron chi connectivity index (χ2n) is 9.00. The van der Waals surface area contributed by atoms with Gasteiger partial charge in [-0.3, -0.25) is 0 Å². The van der Waals surface area contributed by atoms with Crippen LogP contribution in [0.15, 0.2) is 46.9 Å². The van der Waals surface area contributed by atoms with Crippen LogP contribution in [-0.2, 0) is 0 Å². The molecule has 4 rings (SSSR count). The average Bonchev–Trinajstić information content (AvgIpc) is 3.16. The molecule has 6 heteroatoms. The van der Waals surface area contributed by atoms with E-state index in [1.54, 1.807) is 17.0 Å². The molecule has 1 saturated heterocycles. The van der Waals surface area contributed by atoms with Crippen molar-refractivity contribution in [1.82, 2.24) is 9.88 Å². The maximum atomic E-state index is 11.7. The average molecular weight is 403 g/mol. The van der Waals surface area contributed by atoms with Crippen molar-refractivity contribution in [3.63, 3.8) is 0 Å². The number of rotatable bonds is 2. The van der Waals surface area contributed by atoms with Crippen molar-refractivity contribution >= 4 is 17.2 Å². The van der Waals surface area contributed by atoms with E-state index in [1.165, 1.54) is 0 Å². The van der Waals surface area contributed by atoms with Crippen LogP contribution in [0.3, 0.4) is 0 Å². The Morgan fingerprint density at radius 2 is 1.90 bits per heavy atom. The Morgan fingerprint density at radius 1 is 1.20 bits per heavy atom. The smallest absolute Gasteiger partial charge is 0.407 e. The second kappa shape index (κ2) is 7.49. The Kier molecular flexibility index (Phi) is 4.98. The van der Waals surface area contributed by atoms with Gasteiger partial charge in [0.2, 0.25) is 0 Å². The van der Waals surface area contributed by atoms with Crippen LogP contribution in [0.1, 0.15) is 51.0 Å². The number of hydrogen-bond acceptors (Lipinski definition) is 4. The Hall–Kier alpha value is -3.33. The van der Waals surface area contributed by atoms with Crippen LogP contribution in [0.2, 0.25) is 0 Å². The summed E-state index contributed by atoms with van der Waals surface area (Å²) in [4.78, 5) is 18.0. The Morgan fingerprint density at radius 3 is 2.53 bits per heavy atom. The second-order valence-corrected chi connectivity index (χ2v) is 9.00. The fraction of sp³-hybridized carbons (Fsp3) is 0.375. The molecule has 1 amide bonds. The molecule has 1 aromatic heterocycles. The van der Waals surface area contributed by atoms with E-state index in [1.807, 2.05) is 30.3 Å². The van der Waals surface area contributed by atoms with Gasteiger partial charge >= 0.3 is 6.09 Å². The molecular weight excluding hydrogens is 378 g/mol. The molecule has 0 saturated carbocycles. The Labute approximate surface area is 175 Å². The van der Waals surface area contributed by atoms with Gasteiger partial charge in [0, 0.05) is 18.5 Å². The van der Waals surface area contributed by atoms with Gasteiger partial charge in [-0.2, -0.15) is 5.26 Å². The van der Waals surface area contributed by atoms with E-state index in [2.05, 4.69) is 26.8 Å². The summed E-state index contributed by atoms with van der Waals surface area (Å²) in [6, 6.07) is 15.4. The van der Waals surface area contributed by atoms with E-state index in [0.717, 1.165) is 22.2 Å². The number of amides is 1. The lowest BCUT2D eigenvalue weighted by Crippen LogP contribution is -2.51. The highest BCUT2D eigenvalue weighted by Gasteiger charge is 2.40. The fourth-order valence-corrected chi connectivity index (χ4v) is 4.28. The highest BCUT2D eigenvalue weighted by atomic mass is 16.4. The number of nitriles is 1. The van der Waals surface area contributed by atoms with Crippen LogP contribution in [0.25, 0.3) is 22.2 Å². The lowest BCUT2D eigenvalue weighted by atomic mass is 9.77. The molecule has 30 heavy (non-hydrogen) atoms. The predicted molar refractivity (Wildman–Crippen MR) is 114 cm³/mol. The third kappa shape index (κ3) is 3.76. The number of oxazole rings is 1. The first kappa shape index (κ1) is 20.0. The van der Waals surface area contributed by atoms with E-state index in [0.29, 0.717) is 30.8 Å². The van der Waals surface area contributed by atoms with Gasteiger partial charge in [-0.05, 0) is 53.6 Å². The number of hydrogen-bond donors (Lipinski definition) is 1.